The molecule has 8 nitrogen and oxygen atoms in total. The Morgan fingerprint density at radius 1 is 1.00 bits per heavy atom. The minimum atomic E-state index is -0.840. The molecule has 0 radical (unpaired) electrons. The third kappa shape index (κ3) is 8.05. The summed E-state index contributed by atoms with van der Waals surface area (Å²) in [5, 5.41) is 5.50. The van der Waals surface area contributed by atoms with E-state index in [0.717, 1.165) is 6.42 Å². The van der Waals surface area contributed by atoms with Gasteiger partial charge in [-0.15, -0.1) is 0 Å². The van der Waals surface area contributed by atoms with Crippen molar-refractivity contribution in [1.82, 2.24) is 10.3 Å². The fourth-order valence-electron chi connectivity index (χ4n) is 4.18. The first-order valence-corrected chi connectivity index (χ1v) is 13.0. The maximum atomic E-state index is 13.7. The second kappa shape index (κ2) is 12.7. The van der Waals surface area contributed by atoms with Gasteiger partial charge in [0, 0.05) is 6.54 Å². The van der Waals surface area contributed by atoms with Gasteiger partial charge in [0.1, 0.15) is 11.6 Å². The summed E-state index contributed by atoms with van der Waals surface area (Å²) in [4.78, 5) is 39.9. The molecule has 2 aromatic rings. The predicted octanol–water partition coefficient (Wildman–Crippen LogP) is 4.88. The zero-order valence-electron chi connectivity index (χ0n) is 22.5. The van der Waals surface area contributed by atoms with Gasteiger partial charge in [-0.2, -0.15) is 0 Å². The maximum Gasteiger partial charge on any atom is 0.408 e. The molecule has 1 aliphatic heterocycles. The van der Waals surface area contributed by atoms with Crippen LogP contribution in [0.4, 0.5) is 10.5 Å². The van der Waals surface area contributed by atoms with Gasteiger partial charge in [-0.25, -0.2) is 14.8 Å². The number of amides is 3. The Labute approximate surface area is 219 Å². The number of epoxide rings is 1. The van der Waals surface area contributed by atoms with Crippen LogP contribution in [0.1, 0.15) is 59.4 Å². The minimum absolute atomic E-state index is 0.209. The zero-order valence-corrected chi connectivity index (χ0v) is 22.5. The van der Waals surface area contributed by atoms with E-state index in [1.165, 1.54) is 15.6 Å². The van der Waals surface area contributed by atoms with E-state index in [0.29, 0.717) is 24.9 Å². The molecule has 3 rings (SSSR count). The normalized spacial score (nSPS) is 17.4. The first-order valence-electron chi connectivity index (χ1n) is 13.0. The number of carbonyl (C=O) groups is 3. The number of hydrazine groups is 1. The number of para-hydroxylation sites is 1. The van der Waals surface area contributed by atoms with Gasteiger partial charge in [0.25, 0.3) is 11.8 Å². The molecule has 0 saturated carbocycles. The fraction of sp³-hybridized carbons (Fsp3) is 0.483. The molecule has 0 spiro atoms. The molecule has 0 bridgehead atoms. The molecule has 3 amide bonds. The highest BCUT2D eigenvalue weighted by molar-refractivity contribution is 6.01. The van der Waals surface area contributed by atoms with Crippen LogP contribution in [0.15, 0.2) is 60.7 Å². The molecule has 8 heteroatoms. The number of aryl methyl sites for hydroxylation is 1. The van der Waals surface area contributed by atoms with Crippen LogP contribution in [0.2, 0.25) is 0 Å². The Balaban J connectivity index is 1.78. The van der Waals surface area contributed by atoms with Crippen LogP contribution in [0.3, 0.4) is 0 Å². The lowest BCUT2D eigenvalue weighted by Gasteiger charge is -2.36. The van der Waals surface area contributed by atoms with Crippen LogP contribution in [0.5, 0.6) is 0 Å². The van der Waals surface area contributed by atoms with Crippen molar-refractivity contribution in [2.45, 2.75) is 84.2 Å². The highest BCUT2D eigenvalue weighted by atomic mass is 16.6. The largest absolute Gasteiger partial charge is 0.444 e. The average molecular weight is 510 g/mol. The molecule has 0 aromatic heterocycles. The van der Waals surface area contributed by atoms with Crippen molar-refractivity contribution in [2.75, 3.05) is 11.6 Å². The summed E-state index contributed by atoms with van der Waals surface area (Å²) in [5.74, 6) is -0.680. The quantitative estimate of drug-likeness (QED) is 0.364. The molecule has 0 aliphatic carbocycles. The summed E-state index contributed by atoms with van der Waals surface area (Å²) >= 11 is 0. The fourth-order valence-corrected chi connectivity index (χ4v) is 4.18. The third-order valence-corrected chi connectivity index (χ3v) is 5.96. The van der Waals surface area contributed by atoms with Crippen molar-refractivity contribution in [3.8, 4) is 0 Å². The summed E-state index contributed by atoms with van der Waals surface area (Å²) < 4.78 is 11.2. The number of ether oxygens (including phenoxy) is 2. The molecular weight excluding hydrogens is 470 g/mol. The summed E-state index contributed by atoms with van der Waals surface area (Å²) in [6, 6.07) is 18.3. The van der Waals surface area contributed by atoms with Crippen molar-refractivity contribution in [3.63, 3.8) is 0 Å². The molecule has 200 valence electrons. The summed E-state index contributed by atoms with van der Waals surface area (Å²) in [5.41, 5.74) is 1.05. The SMILES string of the molecule is CCC[C@H](NC(=O)OC(C)(C)C)C(=O)N(CC)N(C(=O)[C@H]1O[C@@H]1CCc1ccccc1)c1ccccc1. The zero-order chi connectivity index (χ0) is 27.0. The first kappa shape index (κ1) is 28.2. The number of alkyl carbamates (subject to hydrolysis) is 1. The van der Waals surface area contributed by atoms with Crippen LogP contribution < -0.4 is 10.3 Å². The maximum absolute atomic E-state index is 13.7. The predicted molar refractivity (Wildman–Crippen MR) is 143 cm³/mol. The first-order chi connectivity index (χ1) is 17.6. The number of anilines is 1. The highest BCUT2D eigenvalue weighted by Crippen LogP contribution is 2.31. The van der Waals surface area contributed by atoms with Gasteiger partial charge >= 0.3 is 6.09 Å². The number of hydrogen-bond donors (Lipinski definition) is 1. The molecule has 1 heterocycles. The number of hydrogen-bond acceptors (Lipinski definition) is 5. The van der Waals surface area contributed by atoms with Gasteiger partial charge < -0.3 is 14.8 Å². The summed E-state index contributed by atoms with van der Waals surface area (Å²) in [6.07, 6.45) is 1.08. The number of benzene rings is 2. The number of nitrogens with one attached hydrogen (secondary N) is 1. The van der Waals surface area contributed by atoms with Crippen LogP contribution in [0.25, 0.3) is 0 Å². The lowest BCUT2D eigenvalue weighted by atomic mass is 10.1. The monoisotopic (exact) mass is 509 g/mol. The Morgan fingerprint density at radius 2 is 1.62 bits per heavy atom. The van der Waals surface area contributed by atoms with E-state index in [-0.39, 0.29) is 24.5 Å². The van der Waals surface area contributed by atoms with E-state index >= 15 is 0 Å². The number of carbonyl (C=O) groups excluding carboxylic acids is 3. The van der Waals surface area contributed by atoms with E-state index in [1.807, 2.05) is 43.3 Å². The molecule has 1 aliphatic rings. The van der Waals surface area contributed by atoms with Gasteiger partial charge in [0.15, 0.2) is 6.10 Å². The topological polar surface area (TPSA) is 91.5 Å². The van der Waals surface area contributed by atoms with Crippen molar-refractivity contribution in [3.05, 3.63) is 66.2 Å². The Morgan fingerprint density at radius 3 is 2.19 bits per heavy atom. The van der Waals surface area contributed by atoms with Gasteiger partial charge in [-0.1, -0.05) is 61.9 Å². The molecule has 37 heavy (non-hydrogen) atoms. The Kier molecular flexibility index (Phi) is 9.69. The Hall–Kier alpha value is -3.39. The van der Waals surface area contributed by atoms with Crippen LogP contribution >= 0.6 is 0 Å². The molecular formula is C29H39N3O5. The molecule has 3 atom stereocenters. The standard InChI is InChI=1S/C29H39N3O5/c1-6-14-23(30-28(35)37-29(3,4)5)26(33)31(7-2)32(22-17-12-9-13-18-22)27(34)25-24(36-25)20-19-21-15-10-8-11-16-21/h8-13,15-18,23-25H,6-7,14,19-20H2,1-5H3,(H,30,35)/t23-,24+,25-/m0/s1. The number of nitrogens with zero attached hydrogens (tertiary/aromatic N) is 2. The summed E-state index contributed by atoms with van der Waals surface area (Å²) in [7, 11) is 0. The minimum Gasteiger partial charge on any atom is -0.444 e. The van der Waals surface area contributed by atoms with Crippen molar-refractivity contribution < 1.29 is 23.9 Å². The number of rotatable bonds is 10. The van der Waals surface area contributed by atoms with Crippen molar-refractivity contribution >= 4 is 23.6 Å². The third-order valence-electron chi connectivity index (χ3n) is 5.96. The van der Waals surface area contributed by atoms with Crippen molar-refractivity contribution in [1.29, 1.82) is 0 Å². The highest BCUT2D eigenvalue weighted by Gasteiger charge is 2.48. The van der Waals surface area contributed by atoms with Gasteiger partial charge in [-0.05, 0) is 64.7 Å². The molecule has 1 saturated heterocycles. The van der Waals surface area contributed by atoms with E-state index < -0.39 is 23.8 Å². The van der Waals surface area contributed by atoms with Crippen LogP contribution in [-0.4, -0.2) is 53.3 Å². The molecule has 1 N–H and O–H groups in total. The van der Waals surface area contributed by atoms with E-state index in [1.54, 1.807) is 39.8 Å². The Bertz CT molecular complexity index is 1040. The molecule has 1 fully saturated rings. The second-order valence-corrected chi connectivity index (χ2v) is 10.1. The smallest absolute Gasteiger partial charge is 0.408 e. The van der Waals surface area contributed by atoms with Crippen molar-refractivity contribution in [2.24, 2.45) is 0 Å². The van der Waals surface area contributed by atoms with E-state index in [9.17, 15) is 14.4 Å². The molecule has 0 unspecified atom stereocenters. The lowest BCUT2D eigenvalue weighted by Crippen LogP contribution is -2.58. The van der Waals surface area contributed by atoms with Gasteiger partial charge in [-0.3, -0.25) is 9.59 Å². The lowest BCUT2D eigenvalue weighted by molar-refractivity contribution is -0.139. The number of likely N-dealkylation sites (N-methyl/N-ethyl adjacent to an activating group) is 1. The average Bonchev–Trinajstić information content (AvgIpc) is 3.65. The van der Waals surface area contributed by atoms with E-state index in [4.69, 9.17) is 9.47 Å². The van der Waals surface area contributed by atoms with E-state index in [2.05, 4.69) is 17.4 Å². The van der Waals surface area contributed by atoms with Gasteiger partial charge in [0.2, 0.25) is 0 Å². The second-order valence-electron chi connectivity index (χ2n) is 10.1. The van der Waals surface area contributed by atoms with Gasteiger partial charge in [0.05, 0.1) is 11.8 Å². The summed E-state index contributed by atoms with van der Waals surface area (Å²) in [6.45, 7) is 9.27. The van der Waals surface area contributed by atoms with Crippen LogP contribution in [0, 0.1) is 0 Å². The van der Waals surface area contributed by atoms with Crippen LogP contribution in [-0.2, 0) is 25.5 Å². The molecule has 2 aromatic carbocycles.